The van der Waals surface area contributed by atoms with Gasteiger partial charge in [-0.15, -0.1) is 0 Å². The number of aromatic nitrogens is 1. The molecule has 0 atom stereocenters. The van der Waals surface area contributed by atoms with Crippen molar-refractivity contribution >= 4 is 45.9 Å². The molecule has 0 bridgehead atoms. The van der Waals surface area contributed by atoms with E-state index in [1.165, 1.54) is 0 Å². The van der Waals surface area contributed by atoms with Crippen LogP contribution in [0.5, 0.6) is 0 Å². The molecule has 1 saturated carbocycles. The van der Waals surface area contributed by atoms with Crippen LogP contribution >= 0.6 is 34.2 Å². The number of nitrogens with one attached hydrogen (secondary N) is 2. The average molecular weight is 352 g/mol. The highest BCUT2D eigenvalue weighted by Gasteiger charge is 2.24. The fraction of sp³-hybridized carbons (Fsp3) is 0.400. The van der Waals surface area contributed by atoms with E-state index in [4.69, 9.17) is 11.6 Å². The standard InChI is InChI=1S/C10H11ClIN3O/c11-9-7(12)3-4-13-10(9)15-14-8(16)5-6-1-2-6/h3-4,6H,1-2,5H2,(H,13,15)(H,14,16). The second-order valence-electron chi connectivity index (χ2n) is 3.78. The van der Waals surface area contributed by atoms with Crippen molar-refractivity contribution < 1.29 is 4.79 Å². The number of anilines is 1. The first-order valence-electron chi connectivity index (χ1n) is 5.01. The Morgan fingerprint density at radius 2 is 2.38 bits per heavy atom. The Kier molecular flexibility index (Phi) is 3.86. The van der Waals surface area contributed by atoms with E-state index >= 15 is 0 Å². The van der Waals surface area contributed by atoms with Crippen molar-refractivity contribution in [3.05, 3.63) is 20.9 Å². The topological polar surface area (TPSA) is 54.0 Å². The van der Waals surface area contributed by atoms with Crippen LogP contribution in [-0.2, 0) is 4.79 Å². The molecule has 1 aromatic rings. The SMILES string of the molecule is O=C(CC1CC1)NNc1nccc(I)c1Cl. The molecule has 2 N–H and O–H groups in total. The summed E-state index contributed by atoms with van der Waals surface area (Å²) in [6.07, 6.45) is 4.54. The minimum absolute atomic E-state index is 0.0146. The molecule has 0 aromatic carbocycles. The largest absolute Gasteiger partial charge is 0.281 e. The number of hydrogen-bond acceptors (Lipinski definition) is 3. The normalized spacial score (nSPS) is 14.6. The first-order chi connectivity index (χ1) is 7.66. The Morgan fingerprint density at radius 3 is 3.06 bits per heavy atom. The van der Waals surface area contributed by atoms with E-state index < -0.39 is 0 Å². The van der Waals surface area contributed by atoms with Gasteiger partial charge in [0.05, 0.1) is 5.02 Å². The van der Waals surface area contributed by atoms with Crippen LogP contribution in [0.25, 0.3) is 0 Å². The Hall–Kier alpha value is -0.560. The number of hydrazine groups is 1. The molecule has 6 heteroatoms. The molecule has 16 heavy (non-hydrogen) atoms. The first-order valence-corrected chi connectivity index (χ1v) is 6.47. The van der Waals surface area contributed by atoms with E-state index in [0.29, 0.717) is 23.2 Å². The molecule has 0 spiro atoms. The summed E-state index contributed by atoms with van der Waals surface area (Å²) in [5.74, 6) is 1.04. The summed E-state index contributed by atoms with van der Waals surface area (Å²) in [4.78, 5) is 15.5. The van der Waals surface area contributed by atoms with Gasteiger partial charge in [-0.2, -0.15) is 0 Å². The van der Waals surface area contributed by atoms with E-state index in [1.807, 2.05) is 0 Å². The summed E-state index contributed by atoms with van der Waals surface area (Å²) in [6, 6.07) is 1.81. The van der Waals surface area contributed by atoms with Crippen molar-refractivity contribution in [2.45, 2.75) is 19.3 Å². The van der Waals surface area contributed by atoms with Crippen LogP contribution < -0.4 is 10.9 Å². The summed E-state index contributed by atoms with van der Waals surface area (Å²) >= 11 is 8.12. The maximum atomic E-state index is 11.4. The molecule has 0 aliphatic heterocycles. The lowest BCUT2D eigenvalue weighted by molar-refractivity contribution is -0.120. The van der Waals surface area contributed by atoms with Crippen molar-refractivity contribution in [2.24, 2.45) is 5.92 Å². The Balaban J connectivity index is 1.88. The molecule has 2 rings (SSSR count). The molecule has 0 unspecified atom stereocenters. The smallest absolute Gasteiger partial charge is 0.238 e. The van der Waals surface area contributed by atoms with Gasteiger partial charge in [0.25, 0.3) is 0 Å². The second-order valence-corrected chi connectivity index (χ2v) is 5.32. The van der Waals surface area contributed by atoms with Gasteiger partial charge in [-0.25, -0.2) is 4.98 Å². The van der Waals surface area contributed by atoms with Crippen LogP contribution in [0.1, 0.15) is 19.3 Å². The molecule has 1 heterocycles. The summed E-state index contributed by atoms with van der Waals surface area (Å²) in [5, 5.41) is 0.523. The number of pyridine rings is 1. The molecule has 1 fully saturated rings. The number of hydrogen-bond donors (Lipinski definition) is 2. The van der Waals surface area contributed by atoms with Crippen LogP contribution in [0, 0.1) is 9.49 Å². The second kappa shape index (κ2) is 5.18. The van der Waals surface area contributed by atoms with E-state index in [2.05, 4.69) is 38.4 Å². The predicted octanol–water partition coefficient (Wildman–Crippen LogP) is 2.58. The zero-order valence-electron chi connectivity index (χ0n) is 8.46. The van der Waals surface area contributed by atoms with Gasteiger partial charge in [0.1, 0.15) is 0 Å². The average Bonchev–Trinajstić information content (AvgIpc) is 3.04. The number of rotatable bonds is 4. The fourth-order valence-electron chi connectivity index (χ4n) is 1.27. The van der Waals surface area contributed by atoms with Crippen LogP contribution in [-0.4, -0.2) is 10.9 Å². The Morgan fingerprint density at radius 1 is 1.62 bits per heavy atom. The van der Waals surface area contributed by atoms with E-state index in [9.17, 15) is 4.79 Å². The van der Waals surface area contributed by atoms with Gasteiger partial charge in [0, 0.05) is 16.2 Å². The molecule has 0 radical (unpaired) electrons. The molecule has 1 aliphatic carbocycles. The van der Waals surface area contributed by atoms with Gasteiger partial charge in [0.2, 0.25) is 5.91 Å². The summed E-state index contributed by atoms with van der Waals surface area (Å²) in [7, 11) is 0. The van der Waals surface area contributed by atoms with Gasteiger partial charge < -0.3 is 0 Å². The van der Waals surface area contributed by atoms with Crippen molar-refractivity contribution in [2.75, 3.05) is 5.43 Å². The van der Waals surface area contributed by atoms with Gasteiger partial charge in [-0.1, -0.05) is 11.6 Å². The Bertz CT molecular complexity index is 409. The number of carbonyl (C=O) groups is 1. The molecule has 1 amide bonds. The first kappa shape index (κ1) is 11.9. The minimum atomic E-state index is -0.0146. The summed E-state index contributed by atoms with van der Waals surface area (Å²) < 4.78 is 0.896. The Labute approximate surface area is 112 Å². The number of halogens is 2. The molecule has 1 aromatic heterocycles. The van der Waals surface area contributed by atoms with Gasteiger partial charge in [0.15, 0.2) is 5.82 Å². The zero-order chi connectivity index (χ0) is 11.5. The summed E-state index contributed by atoms with van der Waals surface area (Å²) in [6.45, 7) is 0. The third-order valence-electron chi connectivity index (χ3n) is 2.33. The third kappa shape index (κ3) is 3.21. The highest BCUT2D eigenvalue weighted by atomic mass is 127. The molecule has 4 nitrogen and oxygen atoms in total. The lowest BCUT2D eigenvalue weighted by atomic mass is 10.3. The number of nitrogens with zero attached hydrogens (tertiary/aromatic N) is 1. The van der Waals surface area contributed by atoms with Gasteiger partial charge in [-0.3, -0.25) is 15.6 Å². The summed E-state index contributed by atoms with van der Waals surface area (Å²) in [5.41, 5.74) is 5.34. The fourth-order valence-corrected chi connectivity index (χ4v) is 1.85. The molecule has 0 saturated heterocycles. The zero-order valence-corrected chi connectivity index (χ0v) is 11.4. The van der Waals surface area contributed by atoms with Crippen LogP contribution in [0.15, 0.2) is 12.3 Å². The molecular formula is C10H11ClIN3O. The highest BCUT2D eigenvalue weighted by Crippen LogP contribution is 2.32. The monoisotopic (exact) mass is 351 g/mol. The minimum Gasteiger partial charge on any atom is -0.281 e. The molecule has 1 aliphatic rings. The maximum Gasteiger partial charge on any atom is 0.238 e. The van der Waals surface area contributed by atoms with Crippen molar-refractivity contribution in [3.63, 3.8) is 0 Å². The van der Waals surface area contributed by atoms with Gasteiger partial charge in [-0.05, 0) is 47.4 Å². The van der Waals surface area contributed by atoms with Crippen LogP contribution in [0.2, 0.25) is 5.02 Å². The van der Waals surface area contributed by atoms with Gasteiger partial charge >= 0.3 is 0 Å². The van der Waals surface area contributed by atoms with Crippen LogP contribution in [0.3, 0.4) is 0 Å². The predicted molar refractivity (Wildman–Crippen MR) is 71.1 cm³/mol. The number of carbonyl (C=O) groups excluding carboxylic acids is 1. The lowest BCUT2D eigenvalue weighted by Crippen LogP contribution is -2.30. The van der Waals surface area contributed by atoms with E-state index in [0.717, 1.165) is 16.4 Å². The quantitative estimate of drug-likeness (QED) is 0.647. The van der Waals surface area contributed by atoms with Crippen LogP contribution in [0.4, 0.5) is 5.82 Å². The maximum absolute atomic E-state index is 11.4. The highest BCUT2D eigenvalue weighted by molar-refractivity contribution is 14.1. The molecule has 86 valence electrons. The third-order valence-corrected chi connectivity index (χ3v) is 3.93. The number of amides is 1. The lowest BCUT2D eigenvalue weighted by Gasteiger charge is -2.09. The van der Waals surface area contributed by atoms with E-state index in [1.54, 1.807) is 12.3 Å². The van der Waals surface area contributed by atoms with Crippen molar-refractivity contribution in [3.8, 4) is 0 Å². The molecular weight excluding hydrogens is 340 g/mol. The van der Waals surface area contributed by atoms with Crippen molar-refractivity contribution in [1.29, 1.82) is 0 Å². The van der Waals surface area contributed by atoms with Crippen molar-refractivity contribution in [1.82, 2.24) is 10.4 Å². The van der Waals surface area contributed by atoms with E-state index in [-0.39, 0.29) is 5.91 Å².